The van der Waals surface area contributed by atoms with Crippen LogP contribution in [0.3, 0.4) is 0 Å². The number of nitrogens with one attached hydrogen (secondary N) is 1. The Kier molecular flexibility index (Phi) is 4.97. The fourth-order valence-corrected chi connectivity index (χ4v) is 6.78. The molecule has 7 heteroatoms. The predicted molar refractivity (Wildman–Crippen MR) is 96.0 cm³/mol. The minimum atomic E-state index is -3.51. The Morgan fingerprint density at radius 1 is 1.20 bits per heavy atom. The topological polar surface area (TPSA) is 75.7 Å². The molecule has 1 aliphatic heterocycles. The largest absolute Gasteiger partial charge is 0.466 e. The fraction of sp³-hybridized carbons (Fsp3) is 0.944. The highest BCUT2D eigenvalue weighted by molar-refractivity contribution is 7.87. The molecule has 6 nitrogen and oxygen atoms in total. The second kappa shape index (κ2) is 6.50. The zero-order chi connectivity index (χ0) is 18.5. The summed E-state index contributed by atoms with van der Waals surface area (Å²) in [6, 6.07) is 0.00836. The molecule has 3 aliphatic rings. The monoisotopic (exact) mass is 372 g/mol. The van der Waals surface area contributed by atoms with E-state index in [-0.39, 0.29) is 28.8 Å². The predicted octanol–water partition coefficient (Wildman–Crippen LogP) is 2.31. The van der Waals surface area contributed by atoms with E-state index in [1.54, 1.807) is 6.92 Å². The Morgan fingerprint density at radius 3 is 2.32 bits per heavy atom. The van der Waals surface area contributed by atoms with Crippen LogP contribution in [0.25, 0.3) is 0 Å². The molecule has 2 bridgehead atoms. The van der Waals surface area contributed by atoms with Gasteiger partial charge in [-0.25, -0.2) is 0 Å². The van der Waals surface area contributed by atoms with Gasteiger partial charge in [-0.15, -0.1) is 0 Å². The van der Waals surface area contributed by atoms with Crippen molar-refractivity contribution in [2.45, 2.75) is 65.8 Å². The van der Waals surface area contributed by atoms with Gasteiger partial charge in [0.1, 0.15) is 0 Å². The molecule has 3 unspecified atom stereocenters. The Morgan fingerprint density at radius 2 is 1.84 bits per heavy atom. The molecule has 1 N–H and O–H groups in total. The average molecular weight is 373 g/mol. The number of rotatable bonds is 5. The number of fused-ring (bicyclic) bond motifs is 2. The molecule has 1 heterocycles. The second-order valence-corrected chi connectivity index (χ2v) is 10.4. The van der Waals surface area contributed by atoms with Crippen LogP contribution < -0.4 is 4.72 Å². The Bertz CT molecular complexity index is 625. The molecule has 0 aromatic heterocycles. The van der Waals surface area contributed by atoms with E-state index in [4.69, 9.17) is 4.74 Å². The first-order valence-electron chi connectivity index (χ1n) is 9.56. The lowest BCUT2D eigenvalue weighted by Crippen LogP contribution is -2.53. The molecule has 0 radical (unpaired) electrons. The molecule has 144 valence electrons. The molecule has 2 saturated carbocycles. The number of carbonyl (C=O) groups excluding carboxylic acids is 1. The van der Waals surface area contributed by atoms with Crippen molar-refractivity contribution in [3.8, 4) is 0 Å². The zero-order valence-corrected chi connectivity index (χ0v) is 16.7. The summed E-state index contributed by atoms with van der Waals surface area (Å²) < 4.78 is 35.3. The quantitative estimate of drug-likeness (QED) is 0.752. The summed E-state index contributed by atoms with van der Waals surface area (Å²) in [5, 5.41) is 0. The van der Waals surface area contributed by atoms with Gasteiger partial charge in [0, 0.05) is 19.1 Å². The van der Waals surface area contributed by atoms with Crippen molar-refractivity contribution in [1.29, 1.82) is 0 Å². The summed E-state index contributed by atoms with van der Waals surface area (Å²) in [7, 11) is -3.51. The fourth-order valence-electron chi connectivity index (χ4n) is 5.23. The molecule has 2 aliphatic carbocycles. The summed E-state index contributed by atoms with van der Waals surface area (Å²) in [4.78, 5) is 11.8. The van der Waals surface area contributed by atoms with Crippen LogP contribution in [0, 0.1) is 22.7 Å². The minimum Gasteiger partial charge on any atom is -0.466 e. The minimum absolute atomic E-state index is 0.00836. The van der Waals surface area contributed by atoms with Gasteiger partial charge in [0.15, 0.2) is 0 Å². The van der Waals surface area contributed by atoms with E-state index in [1.807, 2.05) is 0 Å². The second-order valence-electron chi connectivity index (χ2n) is 8.71. The van der Waals surface area contributed by atoms with Crippen LogP contribution in [0.1, 0.15) is 59.8 Å². The van der Waals surface area contributed by atoms with Crippen LogP contribution >= 0.6 is 0 Å². The normalized spacial score (nSPS) is 35.8. The highest BCUT2D eigenvalue weighted by Gasteiger charge is 2.62. The lowest BCUT2D eigenvalue weighted by molar-refractivity contribution is -0.149. The number of ether oxygens (including phenoxy) is 1. The average Bonchev–Trinajstić information content (AvgIpc) is 2.88. The maximum Gasteiger partial charge on any atom is 0.309 e. The highest BCUT2D eigenvalue weighted by Crippen LogP contribution is 2.65. The zero-order valence-electron chi connectivity index (χ0n) is 15.9. The lowest BCUT2D eigenvalue weighted by atomic mass is 9.69. The lowest BCUT2D eigenvalue weighted by Gasteiger charge is -2.40. The molecule has 0 aromatic rings. The van der Waals surface area contributed by atoms with Gasteiger partial charge in [0.2, 0.25) is 0 Å². The van der Waals surface area contributed by atoms with Gasteiger partial charge in [0.05, 0.1) is 12.5 Å². The molecule has 0 aromatic carbocycles. The van der Waals surface area contributed by atoms with Crippen molar-refractivity contribution in [1.82, 2.24) is 9.03 Å². The number of piperidine rings is 1. The number of hydrogen-bond acceptors (Lipinski definition) is 4. The number of esters is 1. The van der Waals surface area contributed by atoms with Gasteiger partial charge in [-0.1, -0.05) is 20.8 Å². The van der Waals surface area contributed by atoms with Crippen molar-refractivity contribution < 1.29 is 17.9 Å². The van der Waals surface area contributed by atoms with E-state index in [0.717, 1.165) is 12.8 Å². The van der Waals surface area contributed by atoms with Crippen molar-refractivity contribution in [2.75, 3.05) is 19.7 Å². The van der Waals surface area contributed by atoms with Crippen molar-refractivity contribution in [3.63, 3.8) is 0 Å². The third-order valence-electron chi connectivity index (χ3n) is 7.50. The van der Waals surface area contributed by atoms with Crippen LogP contribution in [-0.2, 0) is 19.7 Å². The molecule has 0 spiro atoms. The van der Waals surface area contributed by atoms with E-state index in [0.29, 0.717) is 38.5 Å². The Balaban J connectivity index is 1.62. The number of hydrogen-bond donors (Lipinski definition) is 1. The van der Waals surface area contributed by atoms with E-state index >= 15 is 0 Å². The van der Waals surface area contributed by atoms with Crippen LogP contribution in [0.2, 0.25) is 0 Å². The van der Waals surface area contributed by atoms with Gasteiger partial charge in [-0.05, 0) is 55.8 Å². The number of nitrogens with zero attached hydrogens (tertiary/aromatic N) is 1. The Labute approximate surface area is 151 Å². The van der Waals surface area contributed by atoms with Gasteiger partial charge in [-0.2, -0.15) is 17.4 Å². The van der Waals surface area contributed by atoms with Crippen molar-refractivity contribution >= 4 is 16.2 Å². The maximum absolute atomic E-state index is 12.9. The summed E-state index contributed by atoms with van der Waals surface area (Å²) in [5.74, 6) is 0.222. The molecule has 0 amide bonds. The molecular weight excluding hydrogens is 340 g/mol. The summed E-state index contributed by atoms with van der Waals surface area (Å²) >= 11 is 0. The molecular formula is C18H32N2O4S. The first kappa shape index (κ1) is 19.1. The first-order chi connectivity index (χ1) is 11.6. The SMILES string of the molecule is CCOC(=O)C1CCN(S(=O)(=O)NC2CC3CCC2(C)C3(C)C)CC1. The van der Waals surface area contributed by atoms with Gasteiger partial charge < -0.3 is 4.74 Å². The molecule has 3 fully saturated rings. The van der Waals surface area contributed by atoms with Crippen LogP contribution in [0.15, 0.2) is 0 Å². The number of carbonyl (C=O) groups is 1. The molecule has 1 saturated heterocycles. The third-order valence-corrected chi connectivity index (χ3v) is 9.13. The van der Waals surface area contributed by atoms with E-state index in [1.165, 1.54) is 10.7 Å². The van der Waals surface area contributed by atoms with Crippen molar-refractivity contribution in [3.05, 3.63) is 0 Å². The standard InChI is InChI=1S/C18H32N2O4S/c1-5-24-16(21)13-7-10-20(11-8-13)25(22,23)19-15-12-14-6-9-18(15,4)17(14,2)3/h13-15,19H,5-12H2,1-4H3. The van der Waals surface area contributed by atoms with Gasteiger partial charge in [0.25, 0.3) is 10.2 Å². The van der Waals surface area contributed by atoms with E-state index in [2.05, 4.69) is 25.5 Å². The smallest absolute Gasteiger partial charge is 0.309 e. The third kappa shape index (κ3) is 3.12. The van der Waals surface area contributed by atoms with Gasteiger partial charge >= 0.3 is 5.97 Å². The highest BCUT2D eigenvalue weighted by atomic mass is 32.2. The molecule has 25 heavy (non-hydrogen) atoms. The van der Waals surface area contributed by atoms with Crippen LogP contribution in [0.4, 0.5) is 0 Å². The Hall–Kier alpha value is -0.660. The first-order valence-corrected chi connectivity index (χ1v) is 11.0. The molecule has 3 atom stereocenters. The van der Waals surface area contributed by atoms with Crippen molar-refractivity contribution in [2.24, 2.45) is 22.7 Å². The van der Waals surface area contributed by atoms with E-state index < -0.39 is 10.2 Å². The van der Waals surface area contributed by atoms with Crippen LogP contribution in [-0.4, -0.2) is 44.4 Å². The summed E-state index contributed by atoms with van der Waals surface area (Å²) in [5.41, 5.74) is 0.199. The van der Waals surface area contributed by atoms with Crippen LogP contribution in [0.5, 0.6) is 0 Å². The summed E-state index contributed by atoms with van der Waals surface area (Å²) in [6.45, 7) is 9.73. The molecule has 3 rings (SSSR count). The maximum atomic E-state index is 12.9. The summed E-state index contributed by atoms with van der Waals surface area (Å²) in [6.07, 6.45) is 4.29. The van der Waals surface area contributed by atoms with Gasteiger partial charge in [-0.3, -0.25) is 4.79 Å². The van der Waals surface area contributed by atoms with E-state index in [9.17, 15) is 13.2 Å².